The lowest BCUT2D eigenvalue weighted by atomic mass is 10.4. The molecule has 0 unspecified atom stereocenters. The number of hydrogen-bond acceptors (Lipinski definition) is 5. The molecular weight excluding hydrogens is 172 g/mol. The third kappa shape index (κ3) is 1.12. The molecule has 4 nitrogen and oxygen atoms in total. The van der Waals surface area contributed by atoms with Crippen LogP contribution in [-0.2, 0) is 6.42 Å². The van der Waals surface area contributed by atoms with Gasteiger partial charge in [-0.05, 0) is 0 Å². The van der Waals surface area contributed by atoms with Crippen molar-refractivity contribution in [1.82, 2.24) is 15.0 Å². The van der Waals surface area contributed by atoms with Gasteiger partial charge in [-0.15, -0.1) is 0 Å². The molecule has 2 N–H and O–H groups in total. The van der Waals surface area contributed by atoms with E-state index in [0.29, 0.717) is 5.13 Å². The van der Waals surface area contributed by atoms with Gasteiger partial charge in [-0.3, -0.25) is 0 Å². The molecule has 0 aliphatic rings. The van der Waals surface area contributed by atoms with E-state index in [0.717, 1.165) is 22.6 Å². The molecule has 0 spiro atoms. The van der Waals surface area contributed by atoms with E-state index in [2.05, 4.69) is 15.0 Å². The number of aryl methyl sites for hydroxylation is 1. The third-order valence-electron chi connectivity index (χ3n) is 1.53. The molecule has 2 heterocycles. The van der Waals surface area contributed by atoms with Gasteiger partial charge in [0.25, 0.3) is 0 Å². The highest BCUT2D eigenvalue weighted by molar-refractivity contribution is 7.21. The zero-order valence-corrected chi connectivity index (χ0v) is 7.43. The summed E-state index contributed by atoms with van der Waals surface area (Å²) in [7, 11) is 0. The molecule has 2 aromatic heterocycles. The molecule has 0 atom stereocenters. The van der Waals surface area contributed by atoms with Gasteiger partial charge in [-0.1, -0.05) is 18.3 Å². The summed E-state index contributed by atoms with van der Waals surface area (Å²) in [5.41, 5.74) is 6.31. The first-order chi connectivity index (χ1) is 5.79. The monoisotopic (exact) mass is 180 g/mol. The lowest BCUT2D eigenvalue weighted by molar-refractivity contribution is 0.962. The molecule has 5 heteroatoms. The predicted octanol–water partition coefficient (Wildman–Crippen LogP) is 1.23. The van der Waals surface area contributed by atoms with E-state index >= 15 is 0 Å². The molecule has 0 amide bonds. The van der Waals surface area contributed by atoms with Crippen molar-refractivity contribution in [1.29, 1.82) is 0 Å². The Labute approximate surface area is 73.5 Å². The maximum atomic E-state index is 5.52. The number of nitrogen functional groups attached to an aromatic ring is 1. The van der Waals surface area contributed by atoms with Crippen molar-refractivity contribution in [3.8, 4) is 0 Å². The summed E-state index contributed by atoms with van der Waals surface area (Å²) in [5.74, 6) is 0.839. The second kappa shape index (κ2) is 2.67. The quantitative estimate of drug-likeness (QED) is 0.716. The zero-order valence-electron chi connectivity index (χ0n) is 6.61. The van der Waals surface area contributed by atoms with Crippen molar-refractivity contribution < 1.29 is 0 Å². The molecule has 0 saturated carbocycles. The van der Waals surface area contributed by atoms with E-state index in [-0.39, 0.29) is 0 Å². The second-order valence-electron chi connectivity index (χ2n) is 2.38. The highest BCUT2D eigenvalue weighted by Gasteiger charge is 2.02. The van der Waals surface area contributed by atoms with Crippen LogP contribution in [0, 0.1) is 0 Å². The minimum Gasteiger partial charge on any atom is -0.375 e. The maximum Gasteiger partial charge on any atom is 0.182 e. The molecule has 2 aromatic rings. The SMILES string of the molecule is CCc1ncc2nc(N)sc2n1. The van der Waals surface area contributed by atoms with Crippen LogP contribution in [0.15, 0.2) is 6.20 Å². The minimum absolute atomic E-state index is 0.549. The lowest BCUT2D eigenvalue weighted by Crippen LogP contribution is -1.90. The largest absolute Gasteiger partial charge is 0.375 e. The minimum atomic E-state index is 0.549. The van der Waals surface area contributed by atoms with Gasteiger partial charge in [0.15, 0.2) is 5.13 Å². The van der Waals surface area contributed by atoms with E-state index in [1.54, 1.807) is 6.20 Å². The van der Waals surface area contributed by atoms with Crippen molar-refractivity contribution >= 4 is 26.8 Å². The molecule has 0 aromatic carbocycles. The van der Waals surface area contributed by atoms with E-state index < -0.39 is 0 Å². The summed E-state index contributed by atoms with van der Waals surface area (Å²) in [6.45, 7) is 2.02. The Bertz CT molecular complexity index is 409. The van der Waals surface area contributed by atoms with Crippen molar-refractivity contribution in [3.63, 3.8) is 0 Å². The molecule has 0 radical (unpaired) electrons. The summed E-state index contributed by atoms with van der Waals surface area (Å²) in [6.07, 6.45) is 2.56. The van der Waals surface area contributed by atoms with E-state index in [1.165, 1.54) is 11.3 Å². The molecule has 0 saturated heterocycles. The number of hydrogen-bond donors (Lipinski definition) is 1. The zero-order chi connectivity index (χ0) is 8.55. The van der Waals surface area contributed by atoms with Crippen LogP contribution in [0.4, 0.5) is 5.13 Å². The fourth-order valence-corrected chi connectivity index (χ4v) is 1.65. The van der Waals surface area contributed by atoms with E-state index in [4.69, 9.17) is 5.73 Å². The molecule has 0 aliphatic carbocycles. The van der Waals surface area contributed by atoms with Gasteiger partial charge in [0, 0.05) is 6.42 Å². The average molecular weight is 180 g/mol. The lowest BCUT2D eigenvalue weighted by Gasteiger charge is -1.91. The van der Waals surface area contributed by atoms with Gasteiger partial charge in [0.1, 0.15) is 16.2 Å². The first kappa shape index (κ1) is 7.42. The summed E-state index contributed by atoms with van der Waals surface area (Å²) in [6, 6.07) is 0. The molecule has 12 heavy (non-hydrogen) atoms. The Balaban J connectivity index is 2.66. The Morgan fingerprint density at radius 1 is 1.50 bits per heavy atom. The van der Waals surface area contributed by atoms with Crippen molar-refractivity contribution in [3.05, 3.63) is 12.0 Å². The van der Waals surface area contributed by atoms with Crippen LogP contribution in [0.3, 0.4) is 0 Å². The van der Waals surface area contributed by atoms with Crippen LogP contribution in [0.2, 0.25) is 0 Å². The van der Waals surface area contributed by atoms with Crippen LogP contribution >= 0.6 is 11.3 Å². The number of fused-ring (bicyclic) bond motifs is 1. The van der Waals surface area contributed by atoms with Gasteiger partial charge in [-0.2, -0.15) is 0 Å². The normalized spacial score (nSPS) is 10.8. The smallest absolute Gasteiger partial charge is 0.182 e. The van der Waals surface area contributed by atoms with Gasteiger partial charge in [0.05, 0.1) is 6.20 Å². The topological polar surface area (TPSA) is 64.7 Å². The van der Waals surface area contributed by atoms with Crippen molar-refractivity contribution in [2.75, 3.05) is 5.73 Å². The Morgan fingerprint density at radius 3 is 3.08 bits per heavy atom. The number of aromatic nitrogens is 3. The number of anilines is 1. The summed E-state index contributed by atoms with van der Waals surface area (Å²) >= 11 is 1.40. The van der Waals surface area contributed by atoms with E-state index in [1.807, 2.05) is 6.92 Å². The van der Waals surface area contributed by atoms with Gasteiger partial charge in [-0.25, -0.2) is 15.0 Å². The molecule has 0 fully saturated rings. The Morgan fingerprint density at radius 2 is 2.33 bits per heavy atom. The first-order valence-electron chi connectivity index (χ1n) is 3.67. The Hall–Kier alpha value is -1.23. The summed E-state index contributed by atoms with van der Waals surface area (Å²) in [5, 5.41) is 0.549. The van der Waals surface area contributed by atoms with Gasteiger partial charge >= 0.3 is 0 Å². The average Bonchev–Trinajstić information content (AvgIpc) is 2.43. The molecule has 2 rings (SSSR count). The first-order valence-corrected chi connectivity index (χ1v) is 4.49. The number of rotatable bonds is 1. The van der Waals surface area contributed by atoms with Crippen LogP contribution in [0.1, 0.15) is 12.7 Å². The van der Waals surface area contributed by atoms with Crippen LogP contribution in [0.5, 0.6) is 0 Å². The van der Waals surface area contributed by atoms with E-state index in [9.17, 15) is 0 Å². The van der Waals surface area contributed by atoms with Crippen molar-refractivity contribution in [2.24, 2.45) is 0 Å². The molecular formula is C7H8N4S. The third-order valence-corrected chi connectivity index (χ3v) is 2.33. The molecule has 0 bridgehead atoms. The maximum absolute atomic E-state index is 5.52. The number of nitrogens with zero attached hydrogens (tertiary/aromatic N) is 3. The number of thiazole rings is 1. The van der Waals surface area contributed by atoms with Gasteiger partial charge < -0.3 is 5.73 Å². The molecule has 62 valence electrons. The predicted molar refractivity (Wildman–Crippen MR) is 49.0 cm³/mol. The fourth-order valence-electron chi connectivity index (χ4n) is 0.957. The standard InChI is InChI=1S/C7H8N4S/c1-2-5-9-3-4-6(11-5)12-7(8)10-4/h3H,2H2,1H3,(H2,8,10). The van der Waals surface area contributed by atoms with Crippen LogP contribution in [0.25, 0.3) is 10.3 Å². The number of nitrogens with two attached hydrogens (primary N) is 1. The van der Waals surface area contributed by atoms with Gasteiger partial charge in [0.2, 0.25) is 0 Å². The fraction of sp³-hybridized carbons (Fsp3) is 0.286. The second-order valence-corrected chi connectivity index (χ2v) is 3.39. The summed E-state index contributed by atoms with van der Waals surface area (Å²) in [4.78, 5) is 13.3. The highest BCUT2D eigenvalue weighted by Crippen LogP contribution is 2.20. The van der Waals surface area contributed by atoms with Crippen molar-refractivity contribution in [2.45, 2.75) is 13.3 Å². The van der Waals surface area contributed by atoms with Crippen LogP contribution in [-0.4, -0.2) is 15.0 Å². The van der Waals surface area contributed by atoms with Crippen LogP contribution < -0.4 is 5.73 Å². The highest BCUT2D eigenvalue weighted by atomic mass is 32.1. The molecule has 0 aliphatic heterocycles. The Kier molecular flexibility index (Phi) is 1.65. The summed E-state index contributed by atoms with van der Waals surface area (Å²) < 4.78 is 0.